The Bertz CT molecular complexity index is 1140. The Balaban J connectivity index is 1.84. The van der Waals surface area contributed by atoms with Gasteiger partial charge in [-0.1, -0.05) is 67.1 Å². The molecule has 1 atom stereocenters. The number of aryl methyl sites for hydroxylation is 1. The van der Waals surface area contributed by atoms with E-state index in [4.69, 9.17) is 11.6 Å². The van der Waals surface area contributed by atoms with Crippen LogP contribution in [0.1, 0.15) is 24.0 Å². The van der Waals surface area contributed by atoms with Crippen LogP contribution in [-0.4, -0.2) is 27.4 Å². The molecule has 3 aromatic rings. The smallest absolute Gasteiger partial charge is 0.264 e. The lowest BCUT2D eigenvalue weighted by atomic mass is 10.0. The van der Waals surface area contributed by atoms with Crippen molar-refractivity contribution < 1.29 is 13.2 Å². The van der Waals surface area contributed by atoms with E-state index in [-0.39, 0.29) is 23.3 Å². The summed E-state index contributed by atoms with van der Waals surface area (Å²) >= 11 is 6.05. The third-order valence-corrected chi connectivity index (χ3v) is 7.03. The number of carbonyl (C=O) groups excluding carboxylic acids is 1. The maximum atomic E-state index is 13.4. The van der Waals surface area contributed by atoms with Crippen molar-refractivity contribution in [3.8, 4) is 0 Å². The van der Waals surface area contributed by atoms with Crippen molar-refractivity contribution in [2.75, 3.05) is 17.4 Å². The number of benzene rings is 3. The highest BCUT2D eigenvalue weighted by Gasteiger charge is 2.28. The number of anilines is 1. The fourth-order valence-corrected chi connectivity index (χ4v) is 5.00. The number of hydrogen-bond acceptors (Lipinski definition) is 3. The fourth-order valence-electron chi connectivity index (χ4n) is 3.27. The van der Waals surface area contributed by atoms with Gasteiger partial charge in [-0.2, -0.15) is 0 Å². The molecule has 1 N–H and O–H groups in total. The molecule has 0 spiro atoms. The van der Waals surface area contributed by atoms with Gasteiger partial charge in [-0.25, -0.2) is 8.42 Å². The van der Waals surface area contributed by atoms with Crippen LogP contribution in [0.4, 0.5) is 5.69 Å². The fraction of sp³-hybridized carbons (Fsp3) is 0.208. The highest BCUT2D eigenvalue weighted by molar-refractivity contribution is 7.92. The van der Waals surface area contributed by atoms with Gasteiger partial charge in [0.2, 0.25) is 5.91 Å². The topological polar surface area (TPSA) is 66.5 Å². The number of halogens is 1. The normalized spacial score (nSPS) is 12.2. The van der Waals surface area contributed by atoms with E-state index in [1.165, 1.54) is 12.1 Å². The molecule has 0 aliphatic heterocycles. The van der Waals surface area contributed by atoms with Crippen molar-refractivity contribution in [1.82, 2.24) is 5.32 Å². The molecule has 0 bridgehead atoms. The second kappa shape index (κ2) is 9.98. The Kier molecular flexibility index (Phi) is 7.36. The molecule has 0 unspecified atom stereocenters. The van der Waals surface area contributed by atoms with Crippen molar-refractivity contribution in [2.24, 2.45) is 0 Å². The zero-order chi connectivity index (χ0) is 22.4. The Morgan fingerprint density at radius 1 is 1.00 bits per heavy atom. The highest BCUT2D eigenvalue weighted by atomic mass is 35.5. The van der Waals surface area contributed by atoms with Gasteiger partial charge in [0.15, 0.2) is 0 Å². The first kappa shape index (κ1) is 22.8. The molecule has 31 heavy (non-hydrogen) atoms. The van der Waals surface area contributed by atoms with Crippen LogP contribution in [0, 0.1) is 6.92 Å². The number of sulfonamides is 1. The summed E-state index contributed by atoms with van der Waals surface area (Å²) in [5.74, 6) is -0.279. The first-order chi connectivity index (χ1) is 14.8. The summed E-state index contributed by atoms with van der Waals surface area (Å²) in [6.07, 6.45) is 0. The predicted molar refractivity (Wildman–Crippen MR) is 125 cm³/mol. The second-order valence-electron chi connectivity index (χ2n) is 7.37. The predicted octanol–water partition coefficient (Wildman–Crippen LogP) is 4.76. The molecule has 0 aromatic heterocycles. The minimum atomic E-state index is -3.95. The molecular weight excluding hydrogens is 432 g/mol. The zero-order valence-corrected chi connectivity index (χ0v) is 19.0. The summed E-state index contributed by atoms with van der Waals surface area (Å²) in [6, 6.07) is 22.8. The maximum Gasteiger partial charge on any atom is 0.264 e. The van der Waals surface area contributed by atoms with Gasteiger partial charge in [0.05, 0.1) is 10.6 Å². The van der Waals surface area contributed by atoms with E-state index in [2.05, 4.69) is 5.32 Å². The van der Waals surface area contributed by atoms with Crippen molar-refractivity contribution in [3.05, 3.63) is 95.0 Å². The molecule has 0 aliphatic carbocycles. The number of nitrogens with one attached hydrogen (secondary N) is 1. The lowest BCUT2D eigenvalue weighted by molar-refractivity contribution is -0.119. The number of hydrogen-bond donors (Lipinski definition) is 1. The van der Waals surface area contributed by atoms with Gasteiger partial charge in [-0.3, -0.25) is 9.10 Å². The van der Waals surface area contributed by atoms with Crippen molar-refractivity contribution >= 4 is 33.2 Å². The second-order valence-corrected chi connectivity index (χ2v) is 9.67. The summed E-state index contributed by atoms with van der Waals surface area (Å²) in [4.78, 5) is 12.9. The summed E-state index contributed by atoms with van der Waals surface area (Å²) in [6.45, 7) is 3.85. The number of carbonyl (C=O) groups is 1. The highest BCUT2D eigenvalue weighted by Crippen LogP contribution is 2.28. The van der Waals surface area contributed by atoms with Gasteiger partial charge in [-0.05, 0) is 54.3 Å². The van der Waals surface area contributed by atoms with Crippen LogP contribution < -0.4 is 9.62 Å². The Morgan fingerprint density at radius 3 is 2.23 bits per heavy atom. The van der Waals surface area contributed by atoms with Crippen LogP contribution in [0.25, 0.3) is 0 Å². The van der Waals surface area contributed by atoms with Crippen LogP contribution in [0.5, 0.6) is 0 Å². The maximum absolute atomic E-state index is 13.4. The van der Waals surface area contributed by atoms with Gasteiger partial charge in [0.1, 0.15) is 6.54 Å². The average Bonchev–Trinajstić information content (AvgIpc) is 2.77. The van der Waals surface area contributed by atoms with E-state index < -0.39 is 10.0 Å². The number of nitrogens with zero attached hydrogens (tertiary/aromatic N) is 1. The molecule has 0 saturated heterocycles. The van der Waals surface area contributed by atoms with Gasteiger partial charge >= 0.3 is 0 Å². The van der Waals surface area contributed by atoms with Crippen molar-refractivity contribution in [3.63, 3.8) is 0 Å². The Labute approximate surface area is 188 Å². The monoisotopic (exact) mass is 456 g/mol. The Morgan fingerprint density at radius 2 is 1.61 bits per heavy atom. The van der Waals surface area contributed by atoms with Gasteiger partial charge < -0.3 is 5.32 Å². The summed E-state index contributed by atoms with van der Waals surface area (Å²) in [5, 5.41) is 3.36. The van der Waals surface area contributed by atoms with E-state index in [1.807, 2.05) is 37.3 Å². The quantitative estimate of drug-likeness (QED) is 0.531. The molecule has 0 saturated carbocycles. The lowest BCUT2D eigenvalue weighted by Crippen LogP contribution is -2.42. The standard InChI is InChI=1S/C24H25ClN2O3S/c1-18-15-21(25)13-14-23(18)27(31(29,30)22-11-7-4-8-12-22)17-24(28)26-16-19(2)20-9-5-3-6-10-20/h3-15,19H,16-17H2,1-2H3,(H,26,28)/t19-/m0/s1. The molecular formula is C24H25ClN2O3S. The average molecular weight is 457 g/mol. The molecule has 3 aromatic carbocycles. The summed E-state index contributed by atoms with van der Waals surface area (Å²) < 4.78 is 27.9. The van der Waals surface area contributed by atoms with Crippen molar-refractivity contribution in [2.45, 2.75) is 24.7 Å². The number of amides is 1. The van der Waals surface area contributed by atoms with Crippen LogP contribution in [0.15, 0.2) is 83.8 Å². The lowest BCUT2D eigenvalue weighted by Gasteiger charge is -2.26. The van der Waals surface area contributed by atoms with Gasteiger partial charge in [0.25, 0.3) is 10.0 Å². The van der Waals surface area contributed by atoms with Crippen molar-refractivity contribution in [1.29, 1.82) is 0 Å². The van der Waals surface area contributed by atoms with Crippen LogP contribution in [0.2, 0.25) is 5.02 Å². The van der Waals surface area contributed by atoms with Crippen LogP contribution >= 0.6 is 11.6 Å². The molecule has 0 aliphatic rings. The minimum Gasteiger partial charge on any atom is -0.354 e. The minimum absolute atomic E-state index is 0.0987. The molecule has 162 valence electrons. The summed E-state index contributed by atoms with van der Waals surface area (Å²) in [5.41, 5.74) is 2.18. The van der Waals surface area contributed by atoms with E-state index >= 15 is 0 Å². The first-order valence-electron chi connectivity index (χ1n) is 9.94. The Hall–Kier alpha value is -2.83. The van der Waals surface area contributed by atoms with E-state index in [9.17, 15) is 13.2 Å². The molecule has 1 amide bonds. The molecule has 5 nitrogen and oxygen atoms in total. The SMILES string of the molecule is Cc1cc(Cl)ccc1N(CC(=O)NC[C@H](C)c1ccccc1)S(=O)(=O)c1ccccc1. The molecule has 0 fully saturated rings. The molecule has 0 radical (unpaired) electrons. The third-order valence-electron chi connectivity index (χ3n) is 5.02. The molecule has 0 heterocycles. The first-order valence-corrected chi connectivity index (χ1v) is 11.8. The van der Waals surface area contributed by atoms with Crippen LogP contribution in [-0.2, 0) is 14.8 Å². The summed E-state index contributed by atoms with van der Waals surface area (Å²) in [7, 11) is -3.95. The van der Waals surface area contributed by atoms with Gasteiger partial charge in [0, 0.05) is 11.6 Å². The van der Waals surface area contributed by atoms with Crippen LogP contribution in [0.3, 0.4) is 0 Å². The van der Waals surface area contributed by atoms with E-state index in [0.29, 0.717) is 22.8 Å². The van der Waals surface area contributed by atoms with E-state index in [1.54, 1.807) is 43.3 Å². The van der Waals surface area contributed by atoms with Gasteiger partial charge in [-0.15, -0.1) is 0 Å². The van der Waals surface area contributed by atoms with E-state index in [0.717, 1.165) is 9.87 Å². The zero-order valence-electron chi connectivity index (χ0n) is 17.5. The molecule has 7 heteroatoms. The third kappa shape index (κ3) is 5.66. The number of rotatable bonds is 8. The molecule has 3 rings (SSSR count). The largest absolute Gasteiger partial charge is 0.354 e.